The maximum atomic E-state index is 14.3. The number of rotatable bonds is 13. The van der Waals surface area contributed by atoms with Gasteiger partial charge >= 0.3 is 0 Å². The first-order valence-corrected chi connectivity index (χ1v) is 22.1. The Hall–Kier alpha value is -4.66. The minimum Gasteiger partial charge on any atom is -0.394 e. The third kappa shape index (κ3) is 14.5. The predicted octanol–water partition coefficient (Wildman–Crippen LogP) is -0.470. The normalized spacial score (nSPS) is 23.4. The van der Waals surface area contributed by atoms with Crippen LogP contribution in [0.4, 0.5) is 0 Å². The largest absolute Gasteiger partial charge is 0.394 e. The van der Waals surface area contributed by atoms with E-state index in [4.69, 9.17) is 5.73 Å². The number of fused-ring (bicyclic) bond motifs is 1. The number of benzene rings is 2. The molecule has 0 saturated carbocycles. The lowest BCUT2D eigenvalue weighted by Crippen LogP contribution is -2.62. The Labute approximate surface area is 350 Å². The average molecular weight is 857 g/mol. The Kier molecular flexibility index (Phi) is 19.0. The summed E-state index contributed by atoms with van der Waals surface area (Å²) in [6.07, 6.45) is 0.244. The van der Waals surface area contributed by atoms with Gasteiger partial charge in [0.15, 0.2) is 0 Å². The third-order valence-electron chi connectivity index (χ3n) is 9.78. The van der Waals surface area contributed by atoms with Crippen LogP contribution in [0.1, 0.15) is 50.7 Å². The Morgan fingerprint density at radius 1 is 0.814 bits per heavy atom. The highest BCUT2D eigenvalue weighted by Gasteiger charge is 2.35. The summed E-state index contributed by atoms with van der Waals surface area (Å²) < 4.78 is 0. The van der Waals surface area contributed by atoms with Gasteiger partial charge in [-0.05, 0) is 56.8 Å². The van der Waals surface area contributed by atoms with Crippen molar-refractivity contribution in [3.63, 3.8) is 0 Å². The maximum Gasteiger partial charge on any atom is 0.245 e. The molecule has 17 nitrogen and oxygen atoms in total. The van der Waals surface area contributed by atoms with Crippen molar-refractivity contribution in [1.29, 1.82) is 0 Å². The Bertz CT molecular complexity index is 1860. The van der Waals surface area contributed by atoms with Crippen LogP contribution in [-0.2, 0) is 41.6 Å². The molecule has 2 heterocycles. The van der Waals surface area contributed by atoms with Gasteiger partial charge in [0.05, 0.1) is 24.9 Å². The van der Waals surface area contributed by atoms with Crippen molar-refractivity contribution in [3.05, 3.63) is 71.9 Å². The summed E-state index contributed by atoms with van der Waals surface area (Å²) in [6.45, 7) is 2.38. The Morgan fingerprint density at radius 3 is 2.15 bits per heavy atom. The number of carbonyl (C=O) groups excluding carboxylic acids is 6. The number of H-pyrrole nitrogens is 1. The molecule has 59 heavy (non-hydrogen) atoms. The van der Waals surface area contributed by atoms with Crippen LogP contribution < -0.4 is 37.6 Å². The van der Waals surface area contributed by atoms with Gasteiger partial charge in [-0.2, -0.15) is 0 Å². The summed E-state index contributed by atoms with van der Waals surface area (Å²) in [5.41, 5.74) is 8.02. The van der Waals surface area contributed by atoms with Crippen LogP contribution in [0.5, 0.6) is 0 Å². The summed E-state index contributed by atoms with van der Waals surface area (Å²) in [4.78, 5) is 86.1. The molecule has 2 aromatic carbocycles. The number of nitrogens with one attached hydrogen (secondary N) is 7. The second-order valence-electron chi connectivity index (χ2n) is 14.5. The number of unbranched alkanes of at least 4 members (excludes halogenated alkanes) is 1. The fraction of sp³-hybridized carbons (Fsp3) is 0.500. The number of para-hydroxylation sites is 1. The number of nitrogens with two attached hydrogens (primary N) is 1. The van der Waals surface area contributed by atoms with E-state index in [9.17, 15) is 44.1 Å². The van der Waals surface area contributed by atoms with Crippen LogP contribution >= 0.6 is 21.6 Å². The van der Waals surface area contributed by atoms with E-state index in [0.717, 1.165) is 27.3 Å². The summed E-state index contributed by atoms with van der Waals surface area (Å²) in [7, 11) is 2.39. The smallest absolute Gasteiger partial charge is 0.245 e. The number of aromatic nitrogens is 1. The lowest BCUT2D eigenvalue weighted by Gasteiger charge is -2.29. The van der Waals surface area contributed by atoms with Crippen molar-refractivity contribution in [2.24, 2.45) is 5.73 Å². The average Bonchev–Trinajstić information content (AvgIpc) is 3.62. The Balaban J connectivity index is 1.71. The van der Waals surface area contributed by atoms with Crippen LogP contribution in [0.2, 0.25) is 0 Å². The molecule has 1 aliphatic heterocycles. The second-order valence-corrected chi connectivity index (χ2v) is 17.1. The van der Waals surface area contributed by atoms with Gasteiger partial charge in [0.1, 0.15) is 30.2 Å². The van der Waals surface area contributed by atoms with Crippen LogP contribution in [0.3, 0.4) is 0 Å². The molecule has 6 amide bonds. The van der Waals surface area contributed by atoms with Crippen molar-refractivity contribution < 1.29 is 44.1 Å². The molecule has 1 aliphatic rings. The fourth-order valence-electron chi connectivity index (χ4n) is 6.38. The highest BCUT2D eigenvalue weighted by molar-refractivity contribution is 8.76. The first-order chi connectivity index (χ1) is 28.3. The molecular weight excluding hydrogens is 801 g/mol. The second kappa shape index (κ2) is 23.8. The maximum absolute atomic E-state index is 14.3. The first kappa shape index (κ1) is 47.0. The van der Waals surface area contributed by atoms with E-state index >= 15 is 0 Å². The number of amides is 6. The van der Waals surface area contributed by atoms with E-state index in [0.29, 0.717) is 24.9 Å². The molecule has 0 spiro atoms. The third-order valence-corrected chi connectivity index (χ3v) is 12.2. The quantitative estimate of drug-likeness (QED) is 0.0770. The molecule has 1 aromatic heterocycles. The molecule has 1 fully saturated rings. The van der Waals surface area contributed by atoms with E-state index in [2.05, 4.69) is 36.9 Å². The molecule has 1 unspecified atom stereocenters. The predicted molar refractivity (Wildman–Crippen MR) is 227 cm³/mol. The molecule has 0 aliphatic carbocycles. The lowest BCUT2D eigenvalue weighted by molar-refractivity contribution is -0.136. The highest BCUT2D eigenvalue weighted by atomic mass is 33.1. The van der Waals surface area contributed by atoms with Crippen molar-refractivity contribution in [3.8, 4) is 0 Å². The fourth-order valence-corrected chi connectivity index (χ4v) is 8.53. The van der Waals surface area contributed by atoms with E-state index in [1.807, 2.05) is 54.6 Å². The van der Waals surface area contributed by atoms with E-state index in [-0.39, 0.29) is 37.2 Å². The van der Waals surface area contributed by atoms with Crippen LogP contribution in [0, 0.1) is 0 Å². The first-order valence-electron chi connectivity index (χ1n) is 19.6. The zero-order valence-corrected chi connectivity index (χ0v) is 34.8. The number of carbonyl (C=O) groups is 6. The van der Waals surface area contributed by atoms with Gasteiger partial charge in [-0.25, -0.2) is 0 Å². The van der Waals surface area contributed by atoms with E-state index in [1.165, 1.54) is 24.6 Å². The summed E-state index contributed by atoms with van der Waals surface area (Å²) in [6, 6.07) is 9.06. The molecule has 322 valence electrons. The number of aliphatic hydroxyl groups excluding tert-OH is 3. The molecule has 4 rings (SSSR count). The minimum atomic E-state index is -1.58. The summed E-state index contributed by atoms with van der Waals surface area (Å²) in [5.74, 6) is -4.04. The summed E-state index contributed by atoms with van der Waals surface area (Å²) in [5, 5.41) is 47.3. The number of hydrogen-bond acceptors (Lipinski definition) is 12. The van der Waals surface area contributed by atoms with Gasteiger partial charge in [0.25, 0.3) is 0 Å². The zero-order chi connectivity index (χ0) is 42.9. The van der Waals surface area contributed by atoms with Crippen LogP contribution in [0.15, 0.2) is 60.8 Å². The van der Waals surface area contributed by atoms with Crippen molar-refractivity contribution in [1.82, 2.24) is 36.9 Å². The van der Waals surface area contributed by atoms with Gasteiger partial charge in [0.2, 0.25) is 35.4 Å². The lowest BCUT2D eigenvalue weighted by atomic mass is 10.0. The van der Waals surface area contributed by atoms with E-state index in [1.54, 1.807) is 6.20 Å². The van der Waals surface area contributed by atoms with Crippen molar-refractivity contribution in [2.75, 3.05) is 24.7 Å². The monoisotopic (exact) mass is 856 g/mol. The van der Waals surface area contributed by atoms with Gasteiger partial charge < -0.3 is 57.9 Å². The molecular formula is C40H56N8O9S2. The molecule has 19 heteroatoms. The van der Waals surface area contributed by atoms with Crippen LogP contribution in [0.25, 0.3) is 10.9 Å². The molecule has 0 radical (unpaired) electrons. The van der Waals surface area contributed by atoms with Gasteiger partial charge in [-0.15, -0.1) is 0 Å². The molecule has 1 saturated heterocycles. The molecule has 0 bridgehead atoms. The number of aliphatic hydroxyl groups is 3. The van der Waals surface area contributed by atoms with E-state index < -0.39 is 90.5 Å². The Morgan fingerprint density at radius 2 is 1.47 bits per heavy atom. The van der Waals surface area contributed by atoms with Gasteiger partial charge in [-0.3, -0.25) is 28.8 Å². The van der Waals surface area contributed by atoms with Crippen LogP contribution in [-0.4, -0.2) is 129 Å². The highest BCUT2D eigenvalue weighted by Crippen LogP contribution is 2.24. The molecule has 8 atom stereocenters. The number of hydrogen-bond donors (Lipinski definition) is 11. The van der Waals surface area contributed by atoms with Crippen molar-refractivity contribution in [2.45, 2.75) is 101 Å². The molecule has 12 N–H and O–H groups in total. The van der Waals surface area contributed by atoms with Crippen molar-refractivity contribution >= 4 is 67.9 Å². The number of aromatic amines is 1. The minimum absolute atomic E-state index is 0.00689. The standard InChI is InChI=1S/C40H56N8O9S2/c1-23(50)32(21-49)46-39(56)33-22-59-58-17-15-34(52)43-30(18-25-10-4-3-5-11-25)37(54)45-31(19-26-20-42-28-13-7-6-12-27(26)28)38(55)44-29(14-8-9-16-41)36(53)48-35(24(2)51)40(57)47-33/h3-7,10-13,20,23-24,29-33,35,42,49-51H,8-9,14-19,21-22,41H2,1-2H3,(H,43,52)(H,44,55)(H,45,54)(H,46,56)(H,47,57)(H,48,53)/t23-,24?,29+,30+,31-,32-,33+,35+/m1/s1. The SMILES string of the molecule is CC(O)[C@@H]1NC(=O)[C@H](CCCCN)NC(=O)[C@@H](Cc2c[nH]c3ccccc23)NC(=O)[C@H](Cc2ccccc2)NC(=O)CCSSC[C@@H](C(=O)N[C@H](CO)[C@@H](C)O)NC1=O. The topological polar surface area (TPSA) is 277 Å². The molecule has 3 aromatic rings. The van der Waals surface area contributed by atoms with Gasteiger partial charge in [0, 0.05) is 47.9 Å². The summed E-state index contributed by atoms with van der Waals surface area (Å²) >= 11 is 0. The van der Waals surface area contributed by atoms with Gasteiger partial charge in [-0.1, -0.05) is 70.1 Å². The zero-order valence-electron chi connectivity index (χ0n) is 33.1.